The number of aromatic nitrogens is 2. The highest BCUT2D eigenvalue weighted by Gasteiger charge is 2.30. The van der Waals surface area contributed by atoms with E-state index in [1.165, 1.54) is 6.07 Å². The number of rotatable bonds is 3. The Morgan fingerprint density at radius 3 is 2.68 bits per heavy atom. The molecule has 2 aromatic rings. The van der Waals surface area contributed by atoms with Crippen molar-refractivity contribution in [1.82, 2.24) is 9.78 Å². The van der Waals surface area contributed by atoms with Crippen LogP contribution in [0.25, 0.3) is 11.1 Å². The molecule has 0 bridgehead atoms. The molecular weight excluding hydrogens is 255 g/mol. The molecule has 3 nitrogen and oxygen atoms in total. The van der Waals surface area contributed by atoms with Gasteiger partial charge in [0.25, 0.3) is 0 Å². The van der Waals surface area contributed by atoms with Gasteiger partial charge in [-0.1, -0.05) is 12.1 Å². The maximum atomic E-state index is 12.7. The van der Waals surface area contributed by atoms with Crippen molar-refractivity contribution < 1.29 is 13.2 Å². The van der Waals surface area contributed by atoms with Gasteiger partial charge in [-0.25, -0.2) is 0 Å². The summed E-state index contributed by atoms with van der Waals surface area (Å²) in [6, 6.07) is 5.24. The Bertz CT molecular complexity index is 573. The first-order valence-electron chi connectivity index (χ1n) is 5.83. The lowest BCUT2D eigenvalue weighted by atomic mass is 10.0. The number of aryl methyl sites for hydroxylation is 1. The molecule has 6 heteroatoms. The van der Waals surface area contributed by atoms with Crippen LogP contribution < -0.4 is 5.73 Å². The van der Waals surface area contributed by atoms with E-state index in [2.05, 4.69) is 5.10 Å². The van der Waals surface area contributed by atoms with Gasteiger partial charge in [0, 0.05) is 18.3 Å². The van der Waals surface area contributed by atoms with Crippen LogP contribution in [0.4, 0.5) is 13.2 Å². The summed E-state index contributed by atoms with van der Waals surface area (Å²) in [5.74, 6) is 0. The van der Waals surface area contributed by atoms with E-state index in [0.29, 0.717) is 29.9 Å². The SMILES string of the molecule is Cc1nn(CCN)cc1-c1cccc(C(F)(F)F)c1. The number of hydrogen-bond donors (Lipinski definition) is 1. The molecular formula is C13H14F3N3. The zero-order chi connectivity index (χ0) is 14.0. The van der Waals surface area contributed by atoms with Gasteiger partial charge < -0.3 is 5.73 Å². The van der Waals surface area contributed by atoms with E-state index in [1.54, 1.807) is 23.9 Å². The first kappa shape index (κ1) is 13.6. The van der Waals surface area contributed by atoms with Crippen LogP contribution in [-0.2, 0) is 12.7 Å². The third kappa shape index (κ3) is 2.96. The van der Waals surface area contributed by atoms with Gasteiger partial charge in [-0.2, -0.15) is 18.3 Å². The largest absolute Gasteiger partial charge is 0.416 e. The minimum absolute atomic E-state index is 0.434. The van der Waals surface area contributed by atoms with Crippen LogP contribution in [0, 0.1) is 6.92 Å². The molecule has 2 rings (SSSR count). The molecule has 0 aliphatic carbocycles. The number of benzene rings is 1. The van der Waals surface area contributed by atoms with Crippen LogP contribution in [0.15, 0.2) is 30.5 Å². The Kier molecular flexibility index (Phi) is 3.61. The van der Waals surface area contributed by atoms with E-state index in [0.717, 1.165) is 12.1 Å². The highest BCUT2D eigenvalue weighted by atomic mass is 19.4. The molecule has 0 fully saturated rings. The maximum absolute atomic E-state index is 12.7. The van der Waals surface area contributed by atoms with Crippen molar-refractivity contribution >= 4 is 0 Å². The highest BCUT2D eigenvalue weighted by Crippen LogP contribution is 2.32. The zero-order valence-corrected chi connectivity index (χ0v) is 10.4. The average molecular weight is 269 g/mol. The maximum Gasteiger partial charge on any atom is 0.416 e. The molecule has 0 spiro atoms. The van der Waals surface area contributed by atoms with E-state index in [4.69, 9.17) is 5.73 Å². The Hall–Kier alpha value is -1.82. The normalized spacial score (nSPS) is 11.8. The molecule has 0 aliphatic rings. The van der Waals surface area contributed by atoms with E-state index >= 15 is 0 Å². The second-order valence-electron chi connectivity index (χ2n) is 4.26. The quantitative estimate of drug-likeness (QED) is 0.931. The Labute approximate surface area is 108 Å². The van der Waals surface area contributed by atoms with Gasteiger partial charge in [0.05, 0.1) is 17.8 Å². The topological polar surface area (TPSA) is 43.8 Å². The van der Waals surface area contributed by atoms with E-state index in [9.17, 15) is 13.2 Å². The van der Waals surface area contributed by atoms with Gasteiger partial charge in [0.2, 0.25) is 0 Å². The lowest BCUT2D eigenvalue weighted by molar-refractivity contribution is -0.137. The fourth-order valence-corrected chi connectivity index (χ4v) is 1.91. The second-order valence-corrected chi connectivity index (χ2v) is 4.26. The van der Waals surface area contributed by atoms with Crippen LogP contribution in [0.3, 0.4) is 0 Å². The van der Waals surface area contributed by atoms with Crippen molar-refractivity contribution in [3.63, 3.8) is 0 Å². The lowest BCUT2D eigenvalue weighted by Crippen LogP contribution is -2.10. The van der Waals surface area contributed by atoms with Crippen LogP contribution >= 0.6 is 0 Å². The van der Waals surface area contributed by atoms with Crippen molar-refractivity contribution in [2.24, 2.45) is 5.73 Å². The average Bonchev–Trinajstić information content (AvgIpc) is 2.70. The fourth-order valence-electron chi connectivity index (χ4n) is 1.91. The Balaban J connectivity index is 2.42. The third-order valence-electron chi connectivity index (χ3n) is 2.81. The number of nitrogens with two attached hydrogens (primary N) is 1. The van der Waals surface area contributed by atoms with Crippen LogP contribution in [-0.4, -0.2) is 16.3 Å². The molecule has 1 aromatic heterocycles. The van der Waals surface area contributed by atoms with E-state index < -0.39 is 11.7 Å². The summed E-state index contributed by atoms with van der Waals surface area (Å²) in [4.78, 5) is 0. The highest BCUT2D eigenvalue weighted by molar-refractivity contribution is 5.65. The number of hydrogen-bond acceptors (Lipinski definition) is 2. The minimum Gasteiger partial charge on any atom is -0.329 e. The molecule has 1 aromatic carbocycles. The van der Waals surface area contributed by atoms with Crippen LogP contribution in [0.5, 0.6) is 0 Å². The molecule has 0 saturated carbocycles. The zero-order valence-electron chi connectivity index (χ0n) is 10.4. The van der Waals surface area contributed by atoms with Crippen molar-refractivity contribution in [2.75, 3.05) is 6.54 Å². The van der Waals surface area contributed by atoms with Crippen LogP contribution in [0.2, 0.25) is 0 Å². The fraction of sp³-hybridized carbons (Fsp3) is 0.308. The van der Waals surface area contributed by atoms with Crippen molar-refractivity contribution in [3.05, 3.63) is 41.7 Å². The minimum atomic E-state index is -4.34. The van der Waals surface area contributed by atoms with Crippen LogP contribution in [0.1, 0.15) is 11.3 Å². The summed E-state index contributed by atoms with van der Waals surface area (Å²) in [6.45, 7) is 2.74. The molecule has 19 heavy (non-hydrogen) atoms. The summed E-state index contributed by atoms with van der Waals surface area (Å²) in [7, 11) is 0. The molecule has 102 valence electrons. The third-order valence-corrected chi connectivity index (χ3v) is 2.81. The molecule has 0 radical (unpaired) electrons. The van der Waals surface area contributed by atoms with Crippen molar-refractivity contribution in [2.45, 2.75) is 19.6 Å². The molecule has 1 heterocycles. The first-order valence-corrected chi connectivity index (χ1v) is 5.83. The first-order chi connectivity index (χ1) is 8.91. The lowest BCUT2D eigenvalue weighted by Gasteiger charge is -2.08. The number of alkyl halides is 3. The molecule has 0 aliphatic heterocycles. The molecule has 0 atom stereocenters. The van der Waals surface area contributed by atoms with Gasteiger partial charge >= 0.3 is 6.18 Å². The van der Waals surface area contributed by atoms with Gasteiger partial charge in [-0.05, 0) is 24.6 Å². The summed E-state index contributed by atoms with van der Waals surface area (Å²) in [5.41, 5.74) is 6.67. The summed E-state index contributed by atoms with van der Waals surface area (Å²) in [6.07, 6.45) is -2.62. The van der Waals surface area contributed by atoms with Gasteiger partial charge in [0.15, 0.2) is 0 Å². The Morgan fingerprint density at radius 1 is 1.32 bits per heavy atom. The summed E-state index contributed by atoms with van der Waals surface area (Å²) < 4.78 is 39.7. The number of halogens is 3. The summed E-state index contributed by atoms with van der Waals surface area (Å²) >= 11 is 0. The predicted octanol–water partition coefficient (Wildman–Crippen LogP) is 2.84. The van der Waals surface area contributed by atoms with Gasteiger partial charge in [-0.3, -0.25) is 4.68 Å². The van der Waals surface area contributed by atoms with E-state index in [1.807, 2.05) is 0 Å². The molecule has 2 N–H and O–H groups in total. The van der Waals surface area contributed by atoms with Gasteiger partial charge in [0.1, 0.15) is 0 Å². The molecule has 0 unspecified atom stereocenters. The van der Waals surface area contributed by atoms with Crippen molar-refractivity contribution in [1.29, 1.82) is 0 Å². The van der Waals surface area contributed by atoms with E-state index in [-0.39, 0.29) is 0 Å². The monoisotopic (exact) mass is 269 g/mol. The summed E-state index contributed by atoms with van der Waals surface area (Å²) in [5, 5.41) is 4.22. The molecule has 0 amide bonds. The number of nitrogens with zero attached hydrogens (tertiary/aromatic N) is 2. The van der Waals surface area contributed by atoms with Crippen molar-refractivity contribution in [3.8, 4) is 11.1 Å². The standard InChI is InChI=1S/C13H14F3N3/c1-9-12(8-19(18-9)6-5-17)10-3-2-4-11(7-10)13(14,15)16/h2-4,7-8H,5-6,17H2,1H3. The van der Waals surface area contributed by atoms with Gasteiger partial charge in [-0.15, -0.1) is 0 Å². The Morgan fingerprint density at radius 2 is 2.05 bits per heavy atom. The predicted molar refractivity (Wildman–Crippen MR) is 66.5 cm³/mol. The smallest absolute Gasteiger partial charge is 0.329 e. The second kappa shape index (κ2) is 5.05. The molecule has 0 saturated heterocycles.